The first-order valence-corrected chi connectivity index (χ1v) is 18.6. The molecule has 0 radical (unpaired) electrons. The van der Waals surface area contributed by atoms with E-state index >= 15 is 0 Å². The molecule has 1 heterocycles. The van der Waals surface area contributed by atoms with E-state index in [1.165, 1.54) is 0 Å². The number of hydrogen-bond donors (Lipinski definition) is 0. The molecule has 0 N–H and O–H groups in total. The van der Waals surface area contributed by atoms with Gasteiger partial charge in [0, 0.05) is 0 Å². The number of benzene rings is 1. The first-order valence-electron chi connectivity index (χ1n) is 8.36. The van der Waals surface area contributed by atoms with Gasteiger partial charge in [-0.1, -0.05) is 0 Å². The van der Waals surface area contributed by atoms with E-state index < -0.39 is 25.0 Å². The second kappa shape index (κ2) is 6.27. The van der Waals surface area contributed by atoms with Crippen molar-refractivity contribution in [2.24, 2.45) is 0 Å². The molecule has 0 aliphatic carbocycles. The standard InChI is InChI=1S/C17H30O4Si3/c1-22(2,3)19-14-10-11-15(20-23(4,5)6)16-13(14)12-18-17(16)21-24(7,8)9/h10-12H,1-9H3. The summed E-state index contributed by atoms with van der Waals surface area (Å²) in [5, 5.41) is 1.83. The molecule has 0 amide bonds. The van der Waals surface area contributed by atoms with E-state index in [9.17, 15) is 0 Å². The normalized spacial score (nSPS) is 13.2. The van der Waals surface area contributed by atoms with E-state index in [1.54, 1.807) is 6.26 Å². The average Bonchev–Trinajstić information content (AvgIpc) is 2.71. The number of furan rings is 1. The quantitative estimate of drug-likeness (QED) is 0.568. The first-order chi connectivity index (χ1) is 10.8. The van der Waals surface area contributed by atoms with Crippen LogP contribution in [0.25, 0.3) is 10.8 Å². The third-order valence-corrected chi connectivity index (χ3v) is 5.35. The lowest BCUT2D eigenvalue weighted by Crippen LogP contribution is -2.31. The smallest absolute Gasteiger partial charge is 0.282 e. The van der Waals surface area contributed by atoms with E-state index in [-0.39, 0.29) is 0 Å². The van der Waals surface area contributed by atoms with Gasteiger partial charge in [-0.25, -0.2) is 0 Å². The minimum atomic E-state index is -1.79. The Hall–Kier alpha value is -1.19. The molecule has 0 bridgehead atoms. The van der Waals surface area contributed by atoms with Crippen molar-refractivity contribution in [1.29, 1.82) is 0 Å². The minimum absolute atomic E-state index is 0.554. The zero-order chi connectivity index (χ0) is 18.3. The molecule has 4 nitrogen and oxygen atoms in total. The highest BCUT2D eigenvalue weighted by molar-refractivity contribution is 6.71. The summed E-state index contributed by atoms with van der Waals surface area (Å²) in [5.74, 6) is 2.23. The van der Waals surface area contributed by atoms with Crippen LogP contribution in [0.2, 0.25) is 58.9 Å². The van der Waals surface area contributed by atoms with Gasteiger partial charge >= 0.3 is 0 Å². The van der Waals surface area contributed by atoms with Crippen molar-refractivity contribution in [3.8, 4) is 17.4 Å². The largest absolute Gasteiger partial charge is 0.544 e. The van der Waals surface area contributed by atoms with Crippen LogP contribution in [0.4, 0.5) is 0 Å². The summed E-state index contributed by atoms with van der Waals surface area (Å²) in [7, 11) is -5.27. The van der Waals surface area contributed by atoms with E-state index in [1.807, 2.05) is 12.1 Å². The van der Waals surface area contributed by atoms with Crippen molar-refractivity contribution >= 4 is 35.7 Å². The average molecular weight is 383 g/mol. The SMILES string of the molecule is C[Si](C)(C)Oc1ccc(O[Si](C)(C)C)c2c(O[Si](C)(C)C)occ12. The maximum Gasteiger partial charge on any atom is 0.282 e. The van der Waals surface area contributed by atoms with Crippen molar-refractivity contribution in [3.63, 3.8) is 0 Å². The third-order valence-electron chi connectivity index (χ3n) is 2.89. The molecule has 0 atom stereocenters. The van der Waals surface area contributed by atoms with Gasteiger partial charge in [0.1, 0.15) is 23.1 Å². The zero-order valence-electron chi connectivity index (χ0n) is 16.4. The summed E-state index contributed by atoms with van der Waals surface area (Å²) in [5.41, 5.74) is 0. The lowest BCUT2D eigenvalue weighted by Gasteiger charge is -2.24. The van der Waals surface area contributed by atoms with Gasteiger partial charge in [-0.05, 0) is 71.1 Å². The number of hydrogen-bond acceptors (Lipinski definition) is 4. The summed E-state index contributed by atoms with van der Waals surface area (Å²) in [6.07, 6.45) is 1.73. The van der Waals surface area contributed by atoms with Crippen LogP contribution < -0.4 is 13.3 Å². The van der Waals surface area contributed by atoms with Crippen LogP contribution in [0, 0.1) is 0 Å². The Morgan fingerprint density at radius 3 is 1.62 bits per heavy atom. The van der Waals surface area contributed by atoms with Gasteiger partial charge in [0.25, 0.3) is 5.95 Å². The lowest BCUT2D eigenvalue weighted by molar-refractivity contribution is 0.390. The van der Waals surface area contributed by atoms with Gasteiger partial charge in [0.05, 0.1) is 5.39 Å². The highest BCUT2D eigenvalue weighted by atomic mass is 28.4. The van der Waals surface area contributed by atoms with Crippen LogP contribution in [-0.2, 0) is 0 Å². The molecule has 1 aromatic heterocycles. The molecule has 1 aromatic carbocycles. The lowest BCUT2D eigenvalue weighted by atomic mass is 10.2. The molecule has 0 fully saturated rings. The molecule has 7 heteroatoms. The van der Waals surface area contributed by atoms with E-state index in [4.69, 9.17) is 17.7 Å². The predicted molar refractivity (Wildman–Crippen MR) is 108 cm³/mol. The van der Waals surface area contributed by atoms with Crippen LogP contribution in [0.3, 0.4) is 0 Å². The maximum absolute atomic E-state index is 6.28. The number of fused-ring (bicyclic) bond motifs is 1. The molecule has 2 rings (SSSR count). The monoisotopic (exact) mass is 382 g/mol. The van der Waals surface area contributed by atoms with Gasteiger partial charge in [0.2, 0.25) is 25.0 Å². The Balaban J connectivity index is 2.61. The van der Waals surface area contributed by atoms with E-state index in [0.717, 1.165) is 22.3 Å². The van der Waals surface area contributed by atoms with Gasteiger partial charge in [-0.15, -0.1) is 0 Å². The summed E-state index contributed by atoms with van der Waals surface area (Å²) < 4.78 is 24.5. The van der Waals surface area contributed by atoms with Crippen molar-refractivity contribution < 1.29 is 17.7 Å². The fraction of sp³-hybridized carbons (Fsp3) is 0.529. The van der Waals surface area contributed by atoms with Crippen LogP contribution in [0.1, 0.15) is 0 Å². The van der Waals surface area contributed by atoms with Crippen LogP contribution in [-0.4, -0.2) is 25.0 Å². The Labute approximate surface area is 148 Å². The molecule has 0 spiro atoms. The Morgan fingerprint density at radius 1 is 0.667 bits per heavy atom. The van der Waals surface area contributed by atoms with Gasteiger partial charge in [0.15, 0.2) is 0 Å². The van der Waals surface area contributed by atoms with Crippen LogP contribution in [0.5, 0.6) is 17.4 Å². The highest BCUT2D eigenvalue weighted by Gasteiger charge is 2.27. The Kier molecular flexibility index (Phi) is 5.00. The molecule has 0 saturated heterocycles. The third kappa shape index (κ3) is 5.15. The Morgan fingerprint density at radius 2 is 1.12 bits per heavy atom. The van der Waals surface area contributed by atoms with Crippen molar-refractivity contribution in [1.82, 2.24) is 0 Å². The first kappa shape index (κ1) is 19.1. The predicted octanol–water partition coefficient (Wildman–Crippen LogP) is 6.07. The van der Waals surface area contributed by atoms with Gasteiger partial charge in [-0.2, -0.15) is 0 Å². The maximum atomic E-state index is 6.28. The van der Waals surface area contributed by atoms with Crippen molar-refractivity contribution in [3.05, 3.63) is 18.4 Å². The van der Waals surface area contributed by atoms with Crippen molar-refractivity contribution in [2.75, 3.05) is 0 Å². The summed E-state index contributed by atoms with van der Waals surface area (Å²) >= 11 is 0. The van der Waals surface area contributed by atoms with E-state index in [2.05, 4.69) is 58.9 Å². The molecule has 24 heavy (non-hydrogen) atoms. The molecule has 2 aromatic rings. The molecule has 0 aliphatic rings. The molecular formula is C17H30O4Si3. The van der Waals surface area contributed by atoms with Gasteiger partial charge < -0.3 is 17.7 Å². The molecule has 0 aliphatic heterocycles. The second-order valence-electron chi connectivity index (χ2n) is 9.02. The molecule has 0 saturated carbocycles. The second-order valence-corrected chi connectivity index (χ2v) is 22.3. The summed E-state index contributed by atoms with van der Waals surface area (Å²) in [6, 6.07) is 3.98. The topological polar surface area (TPSA) is 40.8 Å². The van der Waals surface area contributed by atoms with Crippen LogP contribution >= 0.6 is 0 Å². The van der Waals surface area contributed by atoms with Crippen molar-refractivity contribution in [2.45, 2.75) is 58.9 Å². The molecular weight excluding hydrogens is 352 g/mol. The Bertz CT molecular complexity index is 718. The molecule has 134 valence electrons. The molecule has 0 unspecified atom stereocenters. The van der Waals surface area contributed by atoms with Crippen LogP contribution in [0.15, 0.2) is 22.8 Å². The minimum Gasteiger partial charge on any atom is -0.544 e. The fourth-order valence-electron chi connectivity index (χ4n) is 2.27. The summed E-state index contributed by atoms with van der Waals surface area (Å²) in [4.78, 5) is 0. The highest BCUT2D eigenvalue weighted by Crippen LogP contribution is 2.43. The zero-order valence-corrected chi connectivity index (χ0v) is 19.4. The van der Waals surface area contributed by atoms with Gasteiger partial charge in [-0.3, -0.25) is 0 Å². The van der Waals surface area contributed by atoms with E-state index in [0.29, 0.717) is 5.95 Å². The fourth-order valence-corrected chi connectivity index (χ4v) is 4.64. The number of rotatable bonds is 6. The summed E-state index contributed by atoms with van der Waals surface area (Å²) in [6.45, 7) is 19.5.